The van der Waals surface area contributed by atoms with Crippen molar-refractivity contribution in [3.8, 4) is 44.5 Å². The summed E-state index contributed by atoms with van der Waals surface area (Å²) in [4.78, 5) is 0. The molecule has 0 N–H and O–H groups in total. The van der Waals surface area contributed by atoms with E-state index in [9.17, 15) is 0 Å². The number of allylic oxidation sites excluding steroid dienone is 2. The fourth-order valence-electron chi connectivity index (χ4n) is 14.5. The van der Waals surface area contributed by atoms with Crippen LogP contribution in [0.4, 0.5) is 0 Å². The van der Waals surface area contributed by atoms with Gasteiger partial charge in [0, 0.05) is 0 Å². The van der Waals surface area contributed by atoms with Crippen molar-refractivity contribution in [2.24, 2.45) is 11.8 Å². The molecule has 0 aliphatic heterocycles. The zero-order chi connectivity index (χ0) is 52.8. The second kappa shape index (κ2) is 21.5. The summed E-state index contributed by atoms with van der Waals surface area (Å²) in [6.45, 7) is 30.7. The first-order valence-electron chi connectivity index (χ1n) is 29.0. The number of rotatable bonds is 10. The van der Waals surface area contributed by atoms with Crippen molar-refractivity contribution in [3.05, 3.63) is 177 Å². The van der Waals surface area contributed by atoms with Crippen molar-refractivity contribution >= 4 is 43.8 Å². The minimum Gasteiger partial charge on any atom is -0.147 e. The third-order valence-corrected chi connectivity index (χ3v) is 36.1. The molecule has 2 fully saturated rings. The molecule has 0 amide bonds. The minimum absolute atomic E-state index is 0. The van der Waals surface area contributed by atoms with Crippen LogP contribution in [0.15, 0.2) is 132 Å². The van der Waals surface area contributed by atoms with Crippen molar-refractivity contribution in [2.75, 3.05) is 0 Å². The molecule has 2 unspecified atom stereocenters. The Bertz CT molecular complexity index is 2980. The van der Waals surface area contributed by atoms with E-state index in [0.717, 1.165) is 11.8 Å². The van der Waals surface area contributed by atoms with E-state index in [1.54, 1.807) is 22.3 Å². The predicted octanol–water partition coefficient (Wildman–Crippen LogP) is 21.5. The van der Waals surface area contributed by atoms with Gasteiger partial charge in [-0.1, -0.05) is 0 Å². The van der Waals surface area contributed by atoms with Crippen molar-refractivity contribution in [1.82, 2.24) is 0 Å². The fourth-order valence-corrected chi connectivity index (χ4v) is 34.0. The van der Waals surface area contributed by atoms with Crippen molar-refractivity contribution in [1.29, 1.82) is 0 Å². The molecule has 4 heteroatoms. The van der Waals surface area contributed by atoms with Gasteiger partial charge in [0.15, 0.2) is 0 Å². The molecule has 2 saturated carbocycles. The van der Waals surface area contributed by atoms with E-state index in [0.29, 0.717) is 7.25 Å². The maximum atomic E-state index is 2.96. The predicted molar refractivity (Wildman–Crippen MR) is 339 cm³/mol. The molecule has 4 aliphatic rings. The molecule has 2 atom stereocenters. The van der Waals surface area contributed by atoms with Crippen LogP contribution in [-0.4, -0.2) is 6.88 Å². The van der Waals surface area contributed by atoms with Gasteiger partial charge in [-0.2, -0.15) is 0 Å². The zero-order valence-electron chi connectivity index (χ0n) is 49.1. The van der Waals surface area contributed by atoms with Crippen molar-refractivity contribution < 1.29 is 17.4 Å². The van der Waals surface area contributed by atoms with E-state index < -0.39 is 17.4 Å². The summed E-state index contributed by atoms with van der Waals surface area (Å²) in [5, 5.41) is 0. The average molecular weight is 1150 g/mol. The summed E-state index contributed by atoms with van der Waals surface area (Å²) in [5.74, 6) is 1.50. The quantitative estimate of drug-likeness (QED) is 0.120. The van der Waals surface area contributed by atoms with E-state index in [2.05, 4.69) is 233 Å². The number of hydrogen-bond acceptors (Lipinski definition) is 0. The molecule has 0 saturated heterocycles. The summed E-state index contributed by atoms with van der Waals surface area (Å²) in [6.07, 6.45) is 19.0. The Morgan fingerprint density at radius 1 is 0.368 bits per heavy atom. The number of hydrogen-bond donors (Lipinski definition) is 0. The van der Waals surface area contributed by atoms with E-state index >= 15 is 0 Å². The van der Waals surface area contributed by atoms with Crippen LogP contribution in [0.25, 0.3) is 56.7 Å². The van der Waals surface area contributed by atoms with Gasteiger partial charge in [-0.3, -0.25) is 0 Å². The Morgan fingerprint density at radius 2 is 0.605 bits per heavy atom. The van der Waals surface area contributed by atoms with Gasteiger partial charge in [0.1, 0.15) is 0 Å². The van der Waals surface area contributed by atoms with Gasteiger partial charge in [-0.05, 0) is 0 Å². The van der Waals surface area contributed by atoms with Gasteiger partial charge in [0.25, 0.3) is 0 Å². The molecule has 4 aliphatic carbocycles. The molecular weight excluding hydrogens is 1060 g/mol. The van der Waals surface area contributed by atoms with Crippen LogP contribution in [0.2, 0.25) is 9.26 Å². The van der Waals surface area contributed by atoms with Crippen LogP contribution < -0.4 is 0 Å². The maximum absolute atomic E-state index is 4.37. The van der Waals surface area contributed by atoms with Crippen molar-refractivity contribution in [3.63, 3.8) is 0 Å². The van der Waals surface area contributed by atoms with Gasteiger partial charge < -0.3 is 0 Å². The maximum Gasteiger partial charge on any atom is -0.147 e. The van der Waals surface area contributed by atoms with Gasteiger partial charge in [0.05, 0.1) is 0 Å². The first-order chi connectivity index (χ1) is 34.7. The molecule has 0 aromatic heterocycles. The third-order valence-electron chi connectivity index (χ3n) is 18.7. The minimum atomic E-state index is -4.37. The second-order valence-electron chi connectivity index (χ2n) is 29.2. The molecule has 402 valence electrons. The second-order valence-corrected chi connectivity index (χ2v) is 59.7. The van der Waals surface area contributed by atoms with E-state index in [1.807, 2.05) is 0 Å². The molecule has 0 spiro atoms. The number of halogens is 2. The first kappa shape index (κ1) is 58.6. The normalized spacial score (nSPS) is 18.5. The Hall–Kier alpha value is -3.52. The van der Waals surface area contributed by atoms with Gasteiger partial charge >= 0.3 is 455 Å². The van der Waals surface area contributed by atoms with Crippen LogP contribution in [-0.2, 0) is 39.1 Å². The standard InChI is InChI=1S/2C35H41.2CH3.2ClH.H2Si.Zr/c2*1-34(2,3)28-15-11-26(12-16-28)30-19-20-31(27-13-17-29(18-14-27)35(4,5)6)33-23-25(22-32(30)33)21-24-9-7-8-10-24;;;;;;/h2*11-20,22-24H,7-10,21H2,1-6H3;2*1H3;2*1H;1H2;. The van der Waals surface area contributed by atoms with E-state index in [-0.39, 0.29) is 46.5 Å². The SMILES string of the molecule is CC(C)(C)c1ccc(-c2ccc(-c3ccc(C(C)(C)C)cc3)c3c2C=C(CC2CCCC2)[CH]3[Zr]([CH3])([CH3])(=[SiH2])[CH]2C(CC3CCCC3)=Cc3c(-c4ccc(C(C)(C)C)cc4)ccc(-c4ccc(C(C)(C)C)cc4)c32)cc1.Cl.Cl. The van der Waals surface area contributed by atoms with Crippen LogP contribution in [0, 0.1) is 11.8 Å². The molecule has 0 heterocycles. The van der Waals surface area contributed by atoms with Gasteiger partial charge in [-0.15, -0.1) is 24.8 Å². The van der Waals surface area contributed by atoms with E-state index in [4.69, 9.17) is 0 Å². The monoisotopic (exact) mass is 1140 g/mol. The third kappa shape index (κ3) is 11.4. The summed E-state index contributed by atoms with van der Waals surface area (Å²) in [7, 11) is 0. The summed E-state index contributed by atoms with van der Waals surface area (Å²) < 4.78 is 6.70. The smallest absolute Gasteiger partial charge is 0.147 e. The van der Waals surface area contributed by atoms with Gasteiger partial charge in [-0.25, -0.2) is 0 Å². The summed E-state index contributed by atoms with van der Waals surface area (Å²) in [6, 6.07) is 49.1. The number of fused-ring (bicyclic) bond motifs is 2. The molecule has 76 heavy (non-hydrogen) atoms. The molecule has 10 rings (SSSR count). The Morgan fingerprint density at radius 3 is 0.855 bits per heavy atom. The Kier molecular flexibility index (Phi) is 16.6. The van der Waals surface area contributed by atoms with Crippen LogP contribution in [0.3, 0.4) is 0 Å². The molecular formula is C72H92Cl2SiZr. The van der Waals surface area contributed by atoms with Gasteiger partial charge in [0.2, 0.25) is 0 Å². The number of benzene rings is 6. The summed E-state index contributed by atoms with van der Waals surface area (Å²) in [5.41, 5.74) is 26.9. The zero-order valence-corrected chi connectivity index (χ0v) is 54.6. The van der Waals surface area contributed by atoms with E-state index in [1.165, 1.54) is 142 Å². The van der Waals surface area contributed by atoms with Crippen LogP contribution in [0.1, 0.15) is 199 Å². The molecule has 6 aromatic rings. The Labute approximate surface area is 476 Å². The molecule has 0 nitrogen and oxygen atoms in total. The first-order valence-corrected chi connectivity index (χ1v) is 42.7. The average Bonchev–Trinajstić information content (AvgIpc) is 4.19. The largest absolute Gasteiger partial charge is 0.147 e. The van der Waals surface area contributed by atoms with Crippen molar-refractivity contribution in [2.45, 2.75) is 185 Å². The molecule has 6 aromatic carbocycles. The fraction of sp³-hybridized carbons (Fsp3) is 0.444. The Balaban J connectivity index is 0.00000383. The van der Waals surface area contributed by atoms with Crippen LogP contribution in [0.5, 0.6) is 0 Å². The summed E-state index contributed by atoms with van der Waals surface area (Å²) >= 11 is -4.37. The molecule has 0 radical (unpaired) electrons. The topological polar surface area (TPSA) is 0 Å². The molecule has 0 bridgehead atoms. The van der Waals surface area contributed by atoms with Crippen LogP contribution >= 0.6 is 24.8 Å².